The molecule has 2 N–H and O–H groups in total. The van der Waals surface area contributed by atoms with Crippen LogP contribution in [0, 0.1) is 0 Å². The lowest BCUT2D eigenvalue weighted by molar-refractivity contribution is -0.115. The summed E-state index contributed by atoms with van der Waals surface area (Å²) in [6, 6.07) is 14.0. The van der Waals surface area contributed by atoms with E-state index in [9.17, 15) is 10.0 Å². The maximum Gasteiger partial charge on any atom is 0.347 e. The first-order valence-electron chi connectivity index (χ1n) is 8.89. The van der Waals surface area contributed by atoms with Crippen LogP contribution in [0.4, 0.5) is 10.5 Å². The highest BCUT2D eigenvalue weighted by Crippen LogP contribution is 2.43. The van der Waals surface area contributed by atoms with Gasteiger partial charge in [0, 0.05) is 12.2 Å². The number of nitrogens with zero attached hydrogens (tertiary/aromatic N) is 2. The van der Waals surface area contributed by atoms with E-state index in [2.05, 4.69) is 5.32 Å². The summed E-state index contributed by atoms with van der Waals surface area (Å²) in [5.41, 5.74) is 1.48. The Kier molecular flexibility index (Phi) is 6.58. The summed E-state index contributed by atoms with van der Waals surface area (Å²) in [6.07, 6.45) is -0.645. The van der Waals surface area contributed by atoms with E-state index >= 15 is 0 Å². The molecule has 1 aliphatic rings. The first-order valence-corrected chi connectivity index (χ1v) is 10.5. The van der Waals surface area contributed by atoms with Crippen LogP contribution in [-0.4, -0.2) is 43.5 Å². The van der Waals surface area contributed by atoms with Crippen LogP contribution in [0.3, 0.4) is 0 Å². The molecular weight excluding hydrogens is 430 g/mol. The highest BCUT2D eigenvalue weighted by atomic mass is 35.5. The SMILES string of the molecule is COc1ccc(NC(=O)N(O)C2N(Cc3ccccc3)C(=S)SC2(C)C)cc1Cl. The molecule has 154 valence electrons. The zero-order valence-electron chi connectivity index (χ0n) is 16.3. The molecule has 29 heavy (non-hydrogen) atoms. The Morgan fingerprint density at radius 1 is 1.34 bits per heavy atom. The molecule has 2 aromatic carbocycles. The van der Waals surface area contributed by atoms with E-state index in [1.165, 1.54) is 18.9 Å². The summed E-state index contributed by atoms with van der Waals surface area (Å²) in [5.74, 6) is 0.498. The summed E-state index contributed by atoms with van der Waals surface area (Å²) in [6.45, 7) is 4.38. The zero-order chi connectivity index (χ0) is 21.2. The molecule has 1 aliphatic heterocycles. The topological polar surface area (TPSA) is 65.0 Å². The molecule has 9 heteroatoms. The molecule has 0 radical (unpaired) electrons. The second-order valence-corrected chi connectivity index (χ2v) is 9.78. The lowest BCUT2D eigenvalue weighted by atomic mass is 10.1. The number of rotatable bonds is 5. The van der Waals surface area contributed by atoms with Crippen molar-refractivity contribution in [3.05, 3.63) is 59.1 Å². The number of hydrogen-bond donors (Lipinski definition) is 2. The van der Waals surface area contributed by atoms with Crippen molar-refractivity contribution >= 4 is 51.6 Å². The Morgan fingerprint density at radius 2 is 2.03 bits per heavy atom. The lowest BCUT2D eigenvalue weighted by Crippen LogP contribution is -2.55. The molecule has 0 spiro atoms. The number of nitrogens with one attached hydrogen (secondary N) is 1. The summed E-state index contributed by atoms with van der Waals surface area (Å²) in [4.78, 5) is 14.6. The van der Waals surface area contributed by atoms with Gasteiger partial charge in [0.15, 0.2) is 0 Å². The number of carbonyl (C=O) groups is 1. The molecule has 2 amide bonds. The number of ether oxygens (including phenoxy) is 1. The summed E-state index contributed by atoms with van der Waals surface area (Å²) in [7, 11) is 1.51. The van der Waals surface area contributed by atoms with Crippen LogP contribution in [0.25, 0.3) is 0 Å². The molecule has 6 nitrogen and oxygen atoms in total. The van der Waals surface area contributed by atoms with Crippen LogP contribution in [-0.2, 0) is 6.54 Å². The lowest BCUT2D eigenvalue weighted by Gasteiger charge is -2.36. The number of urea groups is 1. The highest BCUT2D eigenvalue weighted by Gasteiger charge is 2.49. The normalized spacial score (nSPS) is 17.9. The van der Waals surface area contributed by atoms with Crippen molar-refractivity contribution < 1.29 is 14.7 Å². The smallest absolute Gasteiger partial charge is 0.347 e. The fourth-order valence-electron chi connectivity index (χ4n) is 3.21. The van der Waals surface area contributed by atoms with Crippen molar-refractivity contribution in [2.75, 3.05) is 12.4 Å². The minimum absolute atomic E-state index is 0.360. The molecule has 0 aromatic heterocycles. The number of methoxy groups -OCH3 is 1. The fraction of sp³-hybridized carbons (Fsp3) is 0.300. The van der Waals surface area contributed by atoms with E-state index in [-0.39, 0.29) is 0 Å². The van der Waals surface area contributed by atoms with Crippen LogP contribution in [0.5, 0.6) is 5.75 Å². The minimum atomic E-state index is -0.673. The third-order valence-electron chi connectivity index (χ3n) is 4.54. The first kappa shape index (κ1) is 21.7. The van der Waals surface area contributed by atoms with Crippen molar-refractivity contribution in [3.63, 3.8) is 0 Å². The fourth-order valence-corrected chi connectivity index (χ4v) is 5.34. The van der Waals surface area contributed by atoms with Crippen LogP contribution >= 0.6 is 35.6 Å². The maximum atomic E-state index is 12.8. The minimum Gasteiger partial charge on any atom is -0.495 e. The second-order valence-electron chi connectivity index (χ2n) is 7.08. The van der Waals surface area contributed by atoms with Crippen molar-refractivity contribution in [3.8, 4) is 5.75 Å². The molecule has 3 rings (SSSR count). The monoisotopic (exact) mass is 451 g/mol. The largest absolute Gasteiger partial charge is 0.495 e. The Hall–Kier alpha value is -2.00. The van der Waals surface area contributed by atoms with E-state index in [1.807, 2.05) is 49.1 Å². The van der Waals surface area contributed by atoms with Gasteiger partial charge in [-0.15, -0.1) is 0 Å². The third kappa shape index (κ3) is 4.78. The third-order valence-corrected chi connectivity index (χ3v) is 6.47. The van der Waals surface area contributed by atoms with Gasteiger partial charge in [-0.05, 0) is 37.6 Å². The van der Waals surface area contributed by atoms with Gasteiger partial charge >= 0.3 is 6.03 Å². The van der Waals surface area contributed by atoms with E-state index in [0.717, 1.165) is 5.56 Å². The predicted molar refractivity (Wildman–Crippen MR) is 121 cm³/mol. The van der Waals surface area contributed by atoms with Gasteiger partial charge < -0.3 is 15.0 Å². The van der Waals surface area contributed by atoms with Crippen molar-refractivity contribution in [2.45, 2.75) is 31.3 Å². The Morgan fingerprint density at radius 3 is 2.66 bits per heavy atom. The first-order chi connectivity index (χ1) is 13.7. The van der Waals surface area contributed by atoms with E-state index in [4.69, 9.17) is 28.6 Å². The van der Waals surface area contributed by atoms with Crippen LogP contribution in [0.15, 0.2) is 48.5 Å². The molecule has 1 fully saturated rings. The quantitative estimate of drug-likeness (QED) is 0.369. The number of hydrogen-bond acceptors (Lipinski definition) is 5. The van der Waals surface area contributed by atoms with Gasteiger partial charge in [-0.2, -0.15) is 5.06 Å². The number of anilines is 1. The molecule has 1 heterocycles. The van der Waals surface area contributed by atoms with Gasteiger partial charge in [0.1, 0.15) is 16.2 Å². The summed E-state index contributed by atoms with van der Waals surface area (Å²) >= 11 is 13.1. The number of amides is 2. The molecule has 0 bridgehead atoms. The van der Waals surface area contributed by atoms with Crippen molar-refractivity contribution in [2.24, 2.45) is 0 Å². The molecule has 1 unspecified atom stereocenters. The Bertz CT molecular complexity index is 911. The van der Waals surface area contributed by atoms with Crippen molar-refractivity contribution in [1.82, 2.24) is 9.96 Å². The van der Waals surface area contributed by atoms with Gasteiger partial charge in [-0.1, -0.05) is 65.9 Å². The average Bonchev–Trinajstić information content (AvgIpc) is 2.90. The summed E-state index contributed by atoms with van der Waals surface area (Å²) < 4.78 is 5.24. The van der Waals surface area contributed by atoms with Gasteiger partial charge in [0.25, 0.3) is 0 Å². The van der Waals surface area contributed by atoms with Gasteiger partial charge in [-0.25, -0.2) is 4.79 Å². The second kappa shape index (κ2) is 8.79. The number of carbonyl (C=O) groups excluding carboxylic acids is 1. The molecular formula is C20H22ClN3O3S2. The van der Waals surface area contributed by atoms with Crippen molar-refractivity contribution in [1.29, 1.82) is 0 Å². The van der Waals surface area contributed by atoms with Crippen LogP contribution in [0.1, 0.15) is 19.4 Å². The molecule has 2 aromatic rings. The van der Waals surface area contributed by atoms with E-state index in [0.29, 0.717) is 32.4 Å². The Balaban J connectivity index is 1.80. The average molecular weight is 452 g/mol. The molecule has 0 saturated carbocycles. The summed E-state index contributed by atoms with van der Waals surface area (Å²) in [5, 5.41) is 14.5. The standard InChI is InChI=1S/C20H22ClN3O3S2/c1-20(2)17(23(19(28)29-20)12-13-7-5-4-6-8-13)24(26)18(25)22-14-9-10-16(27-3)15(21)11-14/h4-11,17,26H,12H2,1-3H3,(H,22,25). The van der Waals surface area contributed by atoms with Crippen LogP contribution in [0.2, 0.25) is 5.02 Å². The number of halogens is 1. The molecule has 1 saturated heterocycles. The molecule has 0 aliphatic carbocycles. The predicted octanol–water partition coefficient (Wildman–Crippen LogP) is 5.21. The maximum absolute atomic E-state index is 12.8. The van der Waals surface area contributed by atoms with Crippen LogP contribution < -0.4 is 10.1 Å². The number of thioether (sulfide) groups is 1. The molecule has 1 atom stereocenters. The number of hydroxylamine groups is 2. The Labute approximate surface area is 184 Å². The highest BCUT2D eigenvalue weighted by molar-refractivity contribution is 8.24. The van der Waals surface area contributed by atoms with Gasteiger partial charge in [-0.3, -0.25) is 5.21 Å². The number of thiocarbonyl (C=S) groups is 1. The number of benzene rings is 2. The zero-order valence-corrected chi connectivity index (χ0v) is 18.6. The van der Waals surface area contributed by atoms with E-state index in [1.54, 1.807) is 18.2 Å². The van der Waals surface area contributed by atoms with Gasteiger partial charge in [0.05, 0.1) is 16.9 Å². The van der Waals surface area contributed by atoms with Gasteiger partial charge in [0.2, 0.25) is 0 Å². The van der Waals surface area contributed by atoms with E-state index < -0.39 is 16.9 Å².